The average molecular weight is 350 g/mol. The van der Waals surface area contributed by atoms with Crippen LogP contribution < -0.4 is 15.4 Å². The van der Waals surface area contributed by atoms with Gasteiger partial charge in [-0.3, -0.25) is 24.6 Å². The van der Waals surface area contributed by atoms with Gasteiger partial charge in [-0.2, -0.15) is 0 Å². The summed E-state index contributed by atoms with van der Waals surface area (Å²) in [5, 5.41) is 16.3. The third kappa shape index (κ3) is 5.15. The van der Waals surface area contributed by atoms with Gasteiger partial charge in [0, 0.05) is 12.1 Å². The molecule has 0 radical (unpaired) electrons. The van der Waals surface area contributed by atoms with E-state index in [-0.39, 0.29) is 35.8 Å². The number of hydrogen-bond donors (Lipinski definition) is 2. The number of nitro benzene ring substituents is 1. The minimum Gasteiger partial charge on any atom is -0.494 e. The van der Waals surface area contributed by atoms with Crippen molar-refractivity contribution in [1.82, 2.24) is 10.2 Å². The van der Waals surface area contributed by atoms with Crippen molar-refractivity contribution in [2.24, 2.45) is 0 Å². The van der Waals surface area contributed by atoms with Gasteiger partial charge in [-0.25, -0.2) is 0 Å². The molecule has 1 aliphatic carbocycles. The molecule has 0 unspecified atom stereocenters. The zero-order valence-corrected chi connectivity index (χ0v) is 14.4. The third-order valence-electron chi connectivity index (χ3n) is 4.03. The van der Waals surface area contributed by atoms with Crippen LogP contribution in [-0.4, -0.2) is 54.4 Å². The molecular weight excluding hydrogens is 328 g/mol. The Bertz CT molecular complexity index is 674. The molecule has 1 fully saturated rings. The quantitative estimate of drug-likeness (QED) is 0.537. The molecule has 9 heteroatoms. The first-order valence-electron chi connectivity index (χ1n) is 7.94. The first-order valence-corrected chi connectivity index (χ1v) is 7.94. The molecular formula is C16H22N4O5. The van der Waals surface area contributed by atoms with E-state index in [9.17, 15) is 19.7 Å². The maximum atomic E-state index is 12.4. The Morgan fingerprint density at radius 1 is 1.44 bits per heavy atom. The van der Waals surface area contributed by atoms with E-state index in [1.165, 1.54) is 25.3 Å². The van der Waals surface area contributed by atoms with Crippen molar-refractivity contribution in [3.05, 3.63) is 28.3 Å². The Kier molecular flexibility index (Phi) is 5.92. The van der Waals surface area contributed by atoms with Crippen molar-refractivity contribution in [2.75, 3.05) is 26.0 Å². The number of non-ortho nitro benzene ring substituents is 1. The summed E-state index contributed by atoms with van der Waals surface area (Å²) in [4.78, 5) is 36.1. The van der Waals surface area contributed by atoms with E-state index >= 15 is 0 Å². The molecule has 0 aliphatic heterocycles. The second kappa shape index (κ2) is 7.93. The number of carbonyl (C=O) groups is 2. The van der Waals surface area contributed by atoms with Gasteiger partial charge < -0.3 is 15.4 Å². The molecule has 2 rings (SSSR count). The Morgan fingerprint density at radius 2 is 2.12 bits per heavy atom. The molecule has 0 saturated heterocycles. The Labute approximate surface area is 145 Å². The fourth-order valence-corrected chi connectivity index (χ4v) is 2.20. The highest BCUT2D eigenvalue weighted by Gasteiger charge is 2.26. The highest BCUT2D eigenvalue weighted by Crippen LogP contribution is 2.29. The zero-order valence-electron chi connectivity index (χ0n) is 14.4. The largest absolute Gasteiger partial charge is 0.494 e. The number of anilines is 1. The maximum absolute atomic E-state index is 12.4. The molecule has 136 valence electrons. The van der Waals surface area contributed by atoms with E-state index in [4.69, 9.17) is 4.74 Å². The van der Waals surface area contributed by atoms with Gasteiger partial charge in [0.15, 0.2) is 0 Å². The Hall–Kier alpha value is -2.68. The van der Waals surface area contributed by atoms with E-state index in [1.54, 1.807) is 18.9 Å². The highest BCUT2D eigenvalue weighted by molar-refractivity contribution is 5.96. The molecule has 2 N–H and O–H groups in total. The lowest BCUT2D eigenvalue weighted by atomic mass is 10.2. The van der Waals surface area contributed by atoms with Crippen molar-refractivity contribution in [2.45, 2.75) is 31.8 Å². The van der Waals surface area contributed by atoms with Gasteiger partial charge in [0.25, 0.3) is 5.69 Å². The Morgan fingerprint density at radius 3 is 2.68 bits per heavy atom. The number of likely N-dealkylation sites (N-methyl/N-ethyl adjacent to an activating group) is 1. The number of nitrogens with one attached hydrogen (secondary N) is 2. The lowest BCUT2D eigenvalue weighted by Crippen LogP contribution is -2.45. The van der Waals surface area contributed by atoms with Crippen LogP contribution in [0.25, 0.3) is 0 Å². The molecule has 1 atom stereocenters. The maximum Gasteiger partial charge on any atom is 0.273 e. The van der Waals surface area contributed by atoms with Crippen LogP contribution in [0.4, 0.5) is 11.4 Å². The van der Waals surface area contributed by atoms with Crippen LogP contribution in [0.1, 0.15) is 19.8 Å². The number of benzene rings is 1. The Balaban J connectivity index is 1.97. The van der Waals surface area contributed by atoms with Gasteiger partial charge in [0.2, 0.25) is 11.8 Å². The van der Waals surface area contributed by atoms with Crippen molar-refractivity contribution >= 4 is 23.2 Å². The number of rotatable bonds is 8. The van der Waals surface area contributed by atoms with E-state index < -0.39 is 11.0 Å². The highest BCUT2D eigenvalue weighted by atomic mass is 16.6. The van der Waals surface area contributed by atoms with Gasteiger partial charge in [-0.05, 0) is 32.9 Å². The van der Waals surface area contributed by atoms with Crippen molar-refractivity contribution in [1.29, 1.82) is 0 Å². The lowest BCUT2D eigenvalue weighted by Gasteiger charge is -2.23. The van der Waals surface area contributed by atoms with Crippen LogP contribution in [0.3, 0.4) is 0 Å². The van der Waals surface area contributed by atoms with Crippen LogP contribution in [0.15, 0.2) is 18.2 Å². The number of methoxy groups -OCH3 is 1. The van der Waals surface area contributed by atoms with E-state index in [2.05, 4.69) is 10.6 Å². The molecule has 0 bridgehead atoms. The number of hydrogen-bond acceptors (Lipinski definition) is 6. The summed E-state index contributed by atoms with van der Waals surface area (Å²) in [6.45, 7) is 1.79. The number of ether oxygens (including phenoxy) is 1. The van der Waals surface area contributed by atoms with E-state index in [0.29, 0.717) is 5.69 Å². The van der Waals surface area contributed by atoms with Gasteiger partial charge >= 0.3 is 0 Å². The fraction of sp³-hybridized carbons (Fsp3) is 0.500. The molecule has 1 aromatic carbocycles. The molecule has 0 heterocycles. The summed E-state index contributed by atoms with van der Waals surface area (Å²) in [6, 6.07) is 3.66. The smallest absolute Gasteiger partial charge is 0.273 e. The number of carbonyl (C=O) groups excluding carboxylic acids is 2. The molecule has 1 saturated carbocycles. The minimum atomic E-state index is -0.565. The lowest BCUT2D eigenvalue weighted by molar-refractivity contribution is -0.384. The van der Waals surface area contributed by atoms with E-state index in [0.717, 1.165) is 12.8 Å². The normalized spacial score (nSPS) is 14.7. The summed E-state index contributed by atoms with van der Waals surface area (Å²) < 4.78 is 5.10. The molecule has 9 nitrogen and oxygen atoms in total. The third-order valence-corrected chi connectivity index (χ3v) is 4.03. The van der Waals surface area contributed by atoms with Crippen LogP contribution in [0.2, 0.25) is 0 Å². The number of nitro groups is 1. The summed E-state index contributed by atoms with van der Waals surface area (Å²) in [5.74, 6) is -0.254. The summed E-state index contributed by atoms with van der Waals surface area (Å²) in [6.07, 6.45) is 2.01. The van der Waals surface area contributed by atoms with Crippen LogP contribution >= 0.6 is 0 Å². The molecule has 1 aromatic rings. The van der Waals surface area contributed by atoms with Gasteiger partial charge in [-0.15, -0.1) is 0 Å². The minimum absolute atomic E-state index is 0.113. The molecule has 25 heavy (non-hydrogen) atoms. The van der Waals surface area contributed by atoms with Crippen molar-refractivity contribution in [3.63, 3.8) is 0 Å². The molecule has 1 aliphatic rings. The van der Waals surface area contributed by atoms with Gasteiger partial charge in [-0.1, -0.05) is 0 Å². The summed E-state index contributed by atoms with van der Waals surface area (Å²) in [7, 11) is 3.05. The molecule has 0 aromatic heterocycles. The van der Waals surface area contributed by atoms with Gasteiger partial charge in [0.1, 0.15) is 5.75 Å². The molecule has 2 amide bonds. The zero-order chi connectivity index (χ0) is 18.6. The topological polar surface area (TPSA) is 114 Å². The predicted molar refractivity (Wildman–Crippen MR) is 91.5 cm³/mol. The SMILES string of the molecule is COc1cc([N+](=O)[O-])ccc1NC(=O)[C@H](C)N(C)CC(=O)NC1CC1. The van der Waals surface area contributed by atoms with Crippen molar-refractivity contribution < 1.29 is 19.2 Å². The average Bonchev–Trinajstić information content (AvgIpc) is 3.37. The first kappa shape index (κ1) is 18.7. The van der Waals surface area contributed by atoms with Crippen molar-refractivity contribution in [3.8, 4) is 5.75 Å². The fourth-order valence-electron chi connectivity index (χ4n) is 2.20. The second-order valence-corrected chi connectivity index (χ2v) is 6.06. The van der Waals surface area contributed by atoms with Gasteiger partial charge in [0.05, 0.1) is 36.4 Å². The van der Waals surface area contributed by atoms with E-state index in [1.807, 2.05) is 0 Å². The van der Waals surface area contributed by atoms with Crippen LogP contribution in [-0.2, 0) is 9.59 Å². The summed E-state index contributed by atoms with van der Waals surface area (Å²) in [5.41, 5.74) is 0.206. The second-order valence-electron chi connectivity index (χ2n) is 6.06. The monoisotopic (exact) mass is 350 g/mol. The van der Waals surface area contributed by atoms with Crippen LogP contribution in [0, 0.1) is 10.1 Å². The number of amides is 2. The first-order chi connectivity index (χ1) is 11.8. The standard InChI is InChI=1S/C16H22N4O5/c1-10(19(2)9-15(21)17-11-4-5-11)16(22)18-13-7-6-12(20(23)24)8-14(13)25-3/h6-8,10-11H,4-5,9H2,1-3H3,(H,17,21)(H,18,22)/t10-/m0/s1. The summed E-state index contributed by atoms with van der Waals surface area (Å²) >= 11 is 0. The number of nitrogens with zero attached hydrogens (tertiary/aromatic N) is 2. The molecule has 0 spiro atoms. The predicted octanol–water partition coefficient (Wildman–Crippen LogP) is 1.14. The van der Waals surface area contributed by atoms with Crippen LogP contribution in [0.5, 0.6) is 5.75 Å².